The molecule has 1 fully saturated rings. The van der Waals surface area contributed by atoms with Gasteiger partial charge >= 0.3 is 0 Å². The van der Waals surface area contributed by atoms with E-state index in [0.29, 0.717) is 6.54 Å². The van der Waals surface area contributed by atoms with Gasteiger partial charge in [-0.1, -0.05) is 24.3 Å². The van der Waals surface area contributed by atoms with Crippen LogP contribution in [-0.2, 0) is 31.4 Å². The summed E-state index contributed by atoms with van der Waals surface area (Å²) in [4.78, 5) is 9.45. The van der Waals surface area contributed by atoms with Crippen molar-refractivity contribution in [3.8, 4) is 0 Å². The molecule has 1 aliphatic rings. The van der Waals surface area contributed by atoms with Crippen molar-refractivity contribution in [3.63, 3.8) is 0 Å². The molecule has 0 radical (unpaired) electrons. The van der Waals surface area contributed by atoms with Crippen LogP contribution in [0.1, 0.15) is 23.7 Å². The molecule has 1 aromatic carbocycles. The van der Waals surface area contributed by atoms with E-state index in [1.807, 2.05) is 0 Å². The summed E-state index contributed by atoms with van der Waals surface area (Å²) >= 11 is 0. The maximum Gasteiger partial charge on any atom is 0.194 e. The summed E-state index contributed by atoms with van der Waals surface area (Å²) < 4.78 is 7.57. The topological polar surface area (TPSA) is 45.0 Å². The third-order valence-corrected chi connectivity index (χ3v) is 5.09. The molecule has 0 bridgehead atoms. The van der Waals surface area contributed by atoms with Gasteiger partial charge in [0.1, 0.15) is 0 Å². The summed E-state index contributed by atoms with van der Waals surface area (Å²) in [6.07, 6.45) is 2.08. The number of nitrogens with one attached hydrogen (secondary N) is 1. The van der Waals surface area contributed by atoms with E-state index in [9.17, 15) is 0 Å². The molecule has 2 aromatic rings. The van der Waals surface area contributed by atoms with Crippen molar-refractivity contribution in [2.24, 2.45) is 12.0 Å². The maximum absolute atomic E-state index is 5.42. The number of benzene rings is 1. The van der Waals surface area contributed by atoms with Crippen LogP contribution in [0, 0.1) is 0 Å². The fourth-order valence-corrected chi connectivity index (χ4v) is 3.38. The molecular weight excluding hydrogens is 350 g/mol. The molecule has 0 saturated carbocycles. The van der Waals surface area contributed by atoms with Gasteiger partial charge in [-0.3, -0.25) is 4.90 Å². The van der Waals surface area contributed by atoms with Gasteiger partial charge in [0.05, 0.1) is 26.3 Å². The first-order chi connectivity index (χ1) is 13.7. The average Bonchev–Trinajstić information content (AvgIpc) is 3.11. The number of rotatable bonds is 7. The van der Waals surface area contributed by atoms with E-state index in [0.717, 1.165) is 51.9 Å². The van der Waals surface area contributed by atoms with Crippen molar-refractivity contribution in [2.75, 3.05) is 39.9 Å². The summed E-state index contributed by atoms with van der Waals surface area (Å²) in [5, 5.41) is 3.40. The van der Waals surface area contributed by atoms with E-state index in [4.69, 9.17) is 9.73 Å². The van der Waals surface area contributed by atoms with Crippen LogP contribution in [-0.4, -0.2) is 60.2 Å². The zero-order chi connectivity index (χ0) is 19.8. The van der Waals surface area contributed by atoms with Crippen molar-refractivity contribution >= 4 is 5.96 Å². The molecule has 0 aliphatic carbocycles. The molecule has 1 aliphatic heterocycles. The standard InChI is InChI=1S/C22H33N5O/c1-4-23-22(26(3)18-21-6-5-11-25(21)2)24-16-19-7-9-20(10-8-19)17-27-12-14-28-15-13-27/h5-11H,4,12-18H2,1-3H3,(H,23,24). The molecule has 6 nitrogen and oxygen atoms in total. The summed E-state index contributed by atoms with van der Waals surface area (Å²) in [5.41, 5.74) is 3.84. The molecule has 1 saturated heterocycles. The Morgan fingerprint density at radius 1 is 1.14 bits per heavy atom. The van der Waals surface area contributed by atoms with Crippen LogP contribution in [0.25, 0.3) is 0 Å². The second-order valence-electron chi connectivity index (χ2n) is 7.34. The number of aliphatic imine (C=N–C) groups is 1. The number of nitrogens with zero attached hydrogens (tertiary/aromatic N) is 4. The van der Waals surface area contributed by atoms with Gasteiger partial charge in [-0.2, -0.15) is 0 Å². The highest BCUT2D eigenvalue weighted by Gasteiger charge is 2.11. The highest BCUT2D eigenvalue weighted by Crippen LogP contribution is 2.11. The molecular formula is C22H33N5O. The normalized spacial score (nSPS) is 15.6. The van der Waals surface area contributed by atoms with E-state index >= 15 is 0 Å². The number of aromatic nitrogens is 1. The quantitative estimate of drug-likeness (QED) is 0.589. The Bertz CT molecular complexity index is 747. The van der Waals surface area contributed by atoms with Gasteiger partial charge in [0.15, 0.2) is 5.96 Å². The van der Waals surface area contributed by atoms with Crippen LogP contribution < -0.4 is 5.32 Å². The van der Waals surface area contributed by atoms with E-state index in [2.05, 4.69) is 83.3 Å². The van der Waals surface area contributed by atoms with Gasteiger partial charge < -0.3 is 19.5 Å². The van der Waals surface area contributed by atoms with Crippen LogP contribution in [0.4, 0.5) is 0 Å². The number of guanidine groups is 1. The van der Waals surface area contributed by atoms with E-state index in [1.165, 1.54) is 16.8 Å². The Hall–Kier alpha value is -2.31. The number of hydrogen-bond donors (Lipinski definition) is 1. The minimum atomic E-state index is 0.678. The number of morpholine rings is 1. The predicted molar refractivity (Wildman–Crippen MR) is 114 cm³/mol. The molecule has 1 aromatic heterocycles. The van der Waals surface area contributed by atoms with Crippen LogP contribution in [0.5, 0.6) is 0 Å². The summed E-state index contributed by atoms with van der Waals surface area (Å²) in [6.45, 7) is 9.19. The first-order valence-corrected chi connectivity index (χ1v) is 10.1. The van der Waals surface area contributed by atoms with Gasteiger partial charge in [0.2, 0.25) is 0 Å². The van der Waals surface area contributed by atoms with Gasteiger partial charge in [-0.15, -0.1) is 0 Å². The summed E-state index contributed by atoms with van der Waals surface area (Å²) in [6, 6.07) is 13.1. The maximum atomic E-state index is 5.42. The first kappa shape index (κ1) is 20.4. The minimum absolute atomic E-state index is 0.678. The summed E-state index contributed by atoms with van der Waals surface area (Å²) in [7, 11) is 4.16. The lowest BCUT2D eigenvalue weighted by atomic mass is 10.1. The number of hydrogen-bond acceptors (Lipinski definition) is 3. The molecule has 2 heterocycles. The minimum Gasteiger partial charge on any atom is -0.379 e. The highest BCUT2D eigenvalue weighted by atomic mass is 16.5. The highest BCUT2D eigenvalue weighted by molar-refractivity contribution is 5.79. The van der Waals surface area contributed by atoms with Crippen molar-refractivity contribution in [1.82, 2.24) is 19.7 Å². The van der Waals surface area contributed by atoms with E-state index < -0.39 is 0 Å². The molecule has 0 atom stereocenters. The van der Waals surface area contributed by atoms with Crippen molar-refractivity contribution in [1.29, 1.82) is 0 Å². The molecule has 0 spiro atoms. The summed E-state index contributed by atoms with van der Waals surface area (Å²) in [5.74, 6) is 0.932. The number of ether oxygens (including phenoxy) is 1. The lowest BCUT2D eigenvalue weighted by Gasteiger charge is -2.26. The molecule has 1 N–H and O–H groups in total. The van der Waals surface area contributed by atoms with Gasteiger partial charge in [0, 0.05) is 52.2 Å². The van der Waals surface area contributed by atoms with Gasteiger partial charge in [-0.25, -0.2) is 4.99 Å². The van der Waals surface area contributed by atoms with Crippen LogP contribution in [0.2, 0.25) is 0 Å². The predicted octanol–water partition coefficient (Wildman–Crippen LogP) is 2.45. The average molecular weight is 384 g/mol. The molecule has 6 heteroatoms. The van der Waals surface area contributed by atoms with Gasteiger partial charge in [-0.05, 0) is 30.2 Å². The third kappa shape index (κ3) is 5.84. The second-order valence-corrected chi connectivity index (χ2v) is 7.34. The largest absolute Gasteiger partial charge is 0.379 e. The van der Waals surface area contributed by atoms with Crippen molar-refractivity contribution in [3.05, 3.63) is 59.4 Å². The molecule has 0 unspecified atom stereocenters. The zero-order valence-electron chi connectivity index (χ0n) is 17.4. The smallest absolute Gasteiger partial charge is 0.194 e. The first-order valence-electron chi connectivity index (χ1n) is 10.1. The Morgan fingerprint density at radius 3 is 2.50 bits per heavy atom. The Balaban J connectivity index is 1.58. The SMILES string of the molecule is CCNC(=NCc1ccc(CN2CCOCC2)cc1)N(C)Cc1cccn1C. The number of aryl methyl sites for hydroxylation is 1. The van der Waals surface area contributed by atoms with Crippen molar-refractivity contribution < 1.29 is 4.74 Å². The van der Waals surface area contributed by atoms with Gasteiger partial charge in [0.25, 0.3) is 0 Å². The van der Waals surface area contributed by atoms with E-state index in [1.54, 1.807) is 0 Å². The Labute approximate surface area is 168 Å². The molecule has 152 valence electrons. The van der Waals surface area contributed by atoms with Crippen LogP contribution >= 0.6 is 0 Å². The second kappa shape index (κ2) is 10.3. The molecule has 28 heavy (non-hydrogen) atoms. The fraction of sp³-hybridized carbons (Fsp3) is 0.500. The van der Waals surface area contributed by atoms with Crippen LogP contribution in [0.3, 0.4) is 0 Å². The van der Waals surface area contributed by atoms with E-state index in [-0.39, 0.29) is 0 Å². The lowest BCUT2D eigenvalue weighted by Crippen LogP contribution is -2.38. The zero-order valence-corrected chi connectivity index (χ0v) is 17.4. The molecule has 3 rings (SSSR count). The Kier molecular flexibility index (Phi) is 7.51. The monoisotopic (exact) mass is 383 g/mol. The van der Waals surface area contributed by atoms with Crippen molar-refractivity contribution in [2.45, 2.75) is 26.6 Å². The fourth-order valence-electron chi connectivity index (χ4n) is 3.38. The Morgan fingerprint density at radius 2 is 1.86 bits per heavy atom. The molecule has 0 amide bonds. The van der Waals surface area contributed by atoms with Crippen LogP contribution in [0.15, 0.2) is 47.6 Å². The lowest BCUT2D eigenvalue weighted by molar-refractivity contribution is 0.0342. The third-order valence-electron chi connectivity index (χ3n) is 5.09.